The van der Waals surface area contributed by atoms with Gasteiger partial charge in [0.2, 0.25) is 11.9 Å². The quantitative estimate of drug-likeness (QED) is 0.840. The highest BCUT2D eigenvalue weighted by Crippen LogP contribution is 2.29. The number of rotatable bonds is 3. The lowest BCUT2D eigenvalue weighted by Gasteiger charge is -2.38. The molecule has 0 atom stereocenters. The van der Waals surface area contributed by atoms with Crippen molar-refractivity contribution < 1.29 is 0 Å². The van der Waals surface area contributed by atoms with Gasteiger partial charge < -0.3 is 11.5 Å². The Morgan fingerprint density at radius 3 is 2.30 bits per heavy atom. The molecule has 1 aliphatic heterocycles. The van der Waals surface area contributed by atoms with Crippen LogP contribution in [0.25, 0.3) is 0 Å². The molecule has 110 valence electrons. The third-order valence-electron chi connectivity index (χ3n) is 2.80. The van der Waals surface area contributed by atoms with Crippen molar-refractivity contribution in [1.82, 2.24) is 0 Å². The molecule has 4 N–H and O–H groups in total. The summed E-state index contributed by atoms with van der Waals surface area (Å²) in [6.45, 7) is 6.04. The summed E-state index contributed by atoms with van der Waals surface area (Å²) in [5.41, 5.74) is 12.1. The van der Waals surface area contributed by atoms with Crippen LogP contribution in [0.1, 0.15) is 20.8 Å². The van der Waals surface area contributed by atoms with E-state index < -0.39 is 5.66 Å². The van der Waals surface area contributed by atoms with Crippen molar-refractivity contribution in [2.45, 2.75) is 31.3 Å². The summed E-state index contributed by atoms with van der Waals surface area (Å²) in [4.78, 5) is 11.5. The lowest BCUT2D eigenvalue weighted by molar-refractivity contribution is 0.534. The number of hydrogen-bond donors (Lipinski definition) is 2. The third kappa shape index (κ3) is 3.37. The number of thioether (sulfide) groups is 1. The lowest BCUT2D eigenvalue weighted by Crippen LogP contribution is -2.54. The van der Waals surface area contributed by atoms with E-state index in [2.05, 4.69) is 29.0 Å². The topological polar surface area (TPSA) is 80.0 Å². The van der Waals surface area contributed by atoms with Gasteiger partial charge in [-0.2, -0.15) is 4.99 Å². The van der Waals surface area contributed by atoms with E-state index in [9.17, 15) is 0 Å². The minimum atomic E-state index is -0.532. The first-order valence-corrected chi connectivity index (χ1v) is 7.15. The standard InChI is InChI=1S/C13H19N5S.ClH/c1-4-19-10-7-5-9(6-8-10)18-12(15)16-11(14)17-13(18,2)3;/h5-8H,4H2,1-3H3,(H4,14,15,16,17);1H. The van der Waals surface area contributed by atoms with E-state index in [1.807, 2.05) is 30.9 Å². The Labute approximate surface area is 129 Å². The molecule has 0 spiro atoms. The highest BCUT2D eigenvalue weighted by atomic mass is 35.5. The van der Waals surface area contributed by atoms with Gasteiger partial charge in [0.05, 0.1) is 0 Å². The molecule has 1 aromatic rings. The minimum absolute atomic E-state index is 0. The molecule has 0 amide bonds. The van der Waals surface area contributed by atoms with Crippen LogP contribution in [0.2, 0.25) is 0 Å². The van der Waals surface area contributed by atoms with Crippen LogP contribution in [-0.4, -0.2) is 23.3 Å². The molecular formula is C13H20ClN5S. The Bertz CT molecular complexity index is 524. The molecule has 1 aliphatic rings. The van der Waals surface area contributed by atoms with Crippen molar-refractivity contribution in [3.8, 4) is 0 Å². The molecule has 1 heterocycles. The maximum absolute atomic E-state index is 5.98. The van der Waals surface area contributed by atoms with E-state index in [0.29, 0.717) is 5.96 Å². The molecule has 7 heteroatoms. The first-order valence-electron chi connectivity index (χ1n) is 6.16. The maximum Gasteiger partial charge on any atom is 0.220 e. The van der Waals surface area contributed by atoms with Crippen LogP contribution in [0.4, 0.5) is 5.69 Å². The third-order valence-corrected chi connectivity index (χ3v) is 3.69. The smallest absolute Gasteiger partial charge is 0.220 e. The molecule has 0 saturated carbocycles. The fraction of sp³-hybridized carbons (Fsp3) is 0.385. The maximum atomic E-state index is 5.98. The number of benzene rings is 1. The van der Waals surface area contributed by atoms with Gasteiger partial charge in [-0.15, -0.1) is 24.2 Å². The van der Waals surface area contributed by atoms with Gasteiger partial charge in [-0.1, -0.05) is 6.92 Å². The summed E-state index contributed by atoms with van der Waals surface area (Å²) in [5.74, 6) is 1.64. The molecule has 0 bridgehead atoms. The molecule has 20 heavy (non-hydrogen) atoms. The highest BCUT2D eigenvalue weighted by Gasteiger charge is 2.32. The van der Waals surface area contributed by atoms with Crippen LogP contribution in [0.3, 0.4) is 0 Å². The van der Waals surface area contributed by atoms with E-state index >= 15 is 0 Å². The zero-order chi connectivity index (χ0) is 14.0. The Morgan fingerprint density at radius 1 is 1.20 bits per heavy atom. The number of nitrogens with zero attached hydrogens (tertiary/aromatic N) is 3. The second-order valence-corrected chi connectivity index (χ2v) is 6.03. The SMILES string of the molecule is CCSc1ccc(N2C(N)=NC(N)=NC2(C)C)cc1.Cl. The fourth-order valence-electron chi connectivity index (χ4n) is 2.11. The molecule has 0 aliphatic carbocycles. The number of guanidine groups is 2. The second-order valence-electron chi connectivity index (χ2n) is 4.70. The van der Waals surface area contributed by atoms with Crippen molar-refractivity contribution in [2.24, 2.45) is 21.5 Å². The van der Waals surface area contributed by atoms with Crippen molar-refractivity contribution in [2.75, 3.05) is 10.7 Å². The fourth-order valence-corrected chi connectivity index (χ4v) is 2.77. The Kier molecular flexibility index (Phi) is 5.30. The minimum Gasteiger partial charge on any atom is -0.369 e. The van der Waals surface area contributed by atoms with E-state index in [1.54, 1.807) is 11.8 Å². The second kappa shape index (κ2) is 6.37. The van der Waals surface area contributed by atoms with E-state index in [4.69, 9.17) is 11.5 Å². The predicted molar refractivity (Wildman–Crippen MR) is 89.9 cm³/mol. The number of anilines is 1. The zero-order valence-electron chi connectivity index (χ0n) is 11.8. The van der Waals surface area contributed by atoms with Gasteiger partial charge in [0, 0.05) is 10.6 Å². The van der Waals surface area contributed by atoms with Gasteiger partial charge in [-0.05, 0) is 43.9 Å². The number of nitrogens with two attached hydrogens (primary N) is 2. The van der Waals surface area contributed by atoms with E-state index in [1.165, 1.54) is 4.90 Å². The molecule has 0 fully saturated rings. The molecule has 0 saturated heterocycles. The Morgan fingerprint density at radius 2 is 1.80 bits per heavy atom. The number of halogens is 1. The Balaban J connectivity index is 0.00000200. The van der Waals surface area contributed by atoms with Crippen molar-refractivity contribution in [3.63, 3.8) is 0 Å². The van der Waals surface area contributed by atoms with E-state index in [0.717, 1.165) is 11.4 Å². The molecule has 0 radical (unpaired) electrons. The van der Waals surface area contributed by atoms with Crippen molar-refractivity contribution in [3.05, 3.63) is 24.3 Å². The van der Waals surface area contributed by atoms with Gasteiger partial charge in [-0.25, -0.2) is 4.99 Å². The van der Waals surface area contributed by atoms with Gasteiger partial charge in [-0.3, -0.25) is 4.90 Å². The number of hydrogen-bond acceptors (Lipinski definition) is 6. The average molecular weight is 314 g/mol. The predicted octanol–water partition coefficient (Wildman–Crippen LogP) is 2.41. The van der Waals surface area contributed by atoms with Gasteiger partial charge in [0.15, 0.2) is 0 Å². The van der Waals surface area contributed by atoms with Crippen molar-refractivity contribution >= 4 is 41.8 Å². The molecule has 1 aromatic carbocycles. The molecule has 0 aromatic heterocycles. The van der Waals surface area contributed by atoms with Crippen LogP contribution < -0.4 is 16.4 Å². The first kappa shape index (κ1) is 16.7. The summed E-state index contributed by atoms with van der Waals surface area (Å²) in [5, 5.41) is 0. The summed E-state index contributed by atoms with van der Waals surface area (Å²) in [6.07, 6.45) is 0. The van der Waals surface area contributed by atoms with Gasteiger partial charge in [0.1, 0.15) is 5.66 Å². The first-order chi connectivity index (χ1) is 8.94. The van der Waals surface area contributed by atoms with Crippen molar-refractivity contribution in [1.29, 1.82) is 0 Å². The summed E-state index contributed by atoms with van der Waals surface area (Å²) in [7, 11) is 0. The van der Waals surface area contributed by atoms with Crippen LogP contribution in [0.15, 0.2) is 39.1 Å². The highest BCUT2D eigenvalue weighted by molar-refractivity contribution is 7.99. The van der Waals surface area contributed by atoms with Crippen LogP contribution in [0.5, 0.6) is 0 Å². The van der Waals surface area contributed by atoms with Gasteiger partial charge >= 0.3 is 0 Å². The van der Waals surface area contributed by atoms with Gasteiger partial charge in [0.25, 0.3) is 0 Å². The largest absolute Gasteiger partial charge is 0.369 e. The monoisotopic (exact) mass is 313 g/mol. The van der Waals surface area contributed by atoms with Crippen LogP contribution in [0, 0.1) is 0 Å². The molecule has 2 rings (SSSR count). The summed E-state index contributed by atoms with van der Waals surface area (Å²) >= 11 is 1.80. The zero-order valence-corrected chi connectivity index (χ0v) is 13.5. The number of aliphatic imine (C=N–C) groups is 2. The van der Waals surface area contributed by atoms with E-state index in [-0.39, 0.29) is 18.4 Å². The summed E-state index contributed by atoms with van der Waals surface area (Å²) in [6, 6.07) is 8.21. The lowest BCUT2D eigenvalue weighted by atomic mass is 10.1. The van der Waals surface area contributed by atoms with Crippen LogP contribution in [-0.2, 0) is 0 Å². The summed E-state index contributed by atoms with van der Waals surface area (Å²) < 4.78 is 0. The molecule has 5 nitrogen and oxygen atoms in total. The molecule has 0 unspecified atom stereocenters. The van der Waals surface area contributed by atoms with Crippen LogP contribution >= 0.6 is 24.2 Å². The average Bonchev–Trinajstić information content (AvgIpc) is 2.29. The molecular weight excluding hydrogens is 294 g/mol. The Hall–Kier alpha value is -1.40. The normalized spacial score (nSPS) is 17.1.